The molecule has 0 aliphatic carbocycles. The van der Waals surface area contributed by atoms with Gasteiger partial charge in [0.1, 0.15) is 5.82 Å². The van der Waals surface area contributed by atoms with E-state index in [1.54, 1.807) is 12.4 Å². The minimum absolute atomic E-state index is 0.170. The van der Waals surface area contributed by atoms with Crippen LogP contribution in [0.25, 0.3) is 0 Å². The number of aromatic nitrogens is 2. The highest BCUT2D eigenvalue weighted by Crippen LogP contribution is 2.14. The summed E-state index contributed by atoms with van der Waals surface area (Å²) in [5.41, 5.74) is 6.78. The molecule has 1 heterocycles. The van der Waals surface area contributed by atoms with Gasteiger partial charge in [0.05, 0.1) is 24.3 Å². The van der Waals surface area contributed by atoms with Crippen molar-refractivity contribution < 1.29 is 9.18 Å². The topological polar surface area (TPSA) is 83.8 Å². The van der Waals surface area contributed by atoms with Gasteiger partial charge in [0.15, 0.2) is 0 Å². The molecule has 0 saturated carbocycles. The van der Waals surface area contributed by atoms with Crippen molar-refractivity contribution in [1.29, 1.82) is 0 Å². The Hall–Kier alpha value is -2.65. The Balaban J connectivity index is 2.24. The van der Waals surface area contributed by atoms with E-state index in [9.17, 15) is 9.18 Å². The molecule has 0 bridgehead atoms. The van der Waals surface area contributed by atoms with Crippen LogP contribution in [0.3, 0.4) is 0 Å². The smallest absolute Gasteiger partial charge is 0.253 e. The fourth-order valence-corrected chi connectivity index (χ4v) is 1.81. The summed E-state index contributed by atoms with van der Waals surface area (Å²) in [5.74, 6) is 4.54. The third kappa shape index (κ3) is 3.68. The SMILES string of the molecule is CC(NC(=O)c1cc(F)ccc1C#CCN)c1cn[nH]c1. The van der Waals surface area contributed by atoms with Crippen LogP contribution in [0.4, 0.5) is 4.39 Å². The van der Waals surface area contributed by atoms with Crippen molar-refractivity contribution in [2.45, 2.75) is 13.0 Å². The predicted octanol–water partition coefficient (Wildman–Crippen LogP) is 1.35. The Kier molecular flexibility index (Phi) is 4.69. The Labute approximate surface area is 121 Å². The first-order valence-electron chi connectivity index (χ1n) is 6.40. The van der Waals surface area contributed by atoms with E-state index in [4.69, 9.17) is 5.73 Å². The summed E-state index contributed by atoms with van der Waals surface area (Å²) in [6.07, 6.45) is 3.30. The summed E-state index contributed by atoms with van der Waals surface area (Å²) >= 11 is 0. The lowest BCUT2D eigenvalue weighted by atomic mass is 10.1. The van der Waals surface area contributed by atoms with Gasteiger partial charge in [0.2, 0.25) is 0 Å². The predicted molar refractivity (Wildman–Crippen MR) is 76.8 cm³/mol. The third-order valence-corrected chi connectivity index (χ3v) is 2.92. The fourth-order valence-electron chi connectivity index (χ4n) is 1.81. The average Bonchev–Trinajstić information content (AvgIpc) is 3.00. The lowest BCUT2D eigenvalue weighted by molar-refractivity contribution is 0.0939. The van der Waals surface area contributed by atoms with Gasteiger partial charge in [0.25, 0.3) is 5.91 Å². The van der Waals surface area contributed by atoms with E-state index < -0.39 is 11.7 Å². The quantitative estimate of drug-likeness (QED) is 0.745. The number of H-pyrrole nitrogens is 1. The molecule has 1 atom stereocenters. The number of nitrogens with one attached hydrogen (secondary N) is 2. The van der Waals surface area contributed by atoms with Crippen molar-refractivity contribution in [2.75, 3.05) is 6.54 Å². The number of hydrogen-bond donors (Lipinski definition) is 3. The lowest BCUT2D eigenvalue weighted by Crippen LogP contribution is -2.27. The molecule has 0 spiro atoms. The molecule has 0 saturated heterocycles. The summed E-state index contributed by atoms with van der Waals surface area (Å²) in [6, 6.07) is 3.64. The van der Waals surface area contributed by atoms with Gasteiger partial charge in [-0.25, -0.2) is 4.39 Å². The molecule has 0 aliphatic rings. The Morgan fingerprint density at radius 1 is 1.57 bits per heavy atom. The first-order chi connectivity index (χ1) is 10.1. The van der Waals surface area contributed by atoms with Crippen LogP contribution >= 0.6 is 0 Å². The number of halogens is 1. The molecule has 21 heavy (non-hydrogen) atoms. The number of benzene rings is 1. The van der Waals surface area contributed by atoms with Gasteiger partial charge >= 0.3 is 0 Å². The van der Waals surface area contributed by atoms with Gasteiger partial charge in [-0.1, -0.05) is 11.8 Å². The van der Waals surface area contributed by atoms with Crippen molar-refractivity contribution in [3.05, 3.63) is 53.1 Å². The molecule has 0 aliphatic heterocycles. The van der Waals surface area contributed by atoms with Crippen molar-refractivity contribution in [2.24, 2.45) is 5.73 Å². The molecule has 6 heteroatoms. The van der Waals surface area contributed by atoms with Crippen molar-refractivity contribution in [1.82, 2.24) is 15.5 Å². The van der Waals surface area contributed by atoms with Crippen LogP contribution in [0.2, 0.25) is 0 Å². The number of nitrogens with two attached hydrogens (primary N) is 1. The van der Waals surface area contributed by atoms with Crippen LogP contribution in [0.1, 0.15) is 34.5 Å². The summed E-state index contributed by atoms with van der Waals surface area (Å²) in [4.78, 5) is 12.3. The Morgan fingerprint density at radius 2 is 2.38 bits per heavy atom. The monoisotopic (exact) mass is 286 g/mol. The second-order valence-electron chi connectivity index (χ2n) is 4.42. The zero-order chi connectivity index (χ0) is 15.2. The van der Waals surface area contributed by atoms with Gasteiger partial charge in [-0.15, -0.1) is 0 Å². The molecule has 5 nitrogen and oxygen atoms in total. The molecule has 108 valence electrons. The minimum atomic E-state index is -0.491. The number of rotatable bonds is 3. The summed E-state index contributed by atoms with van der Waals surface area (Å²) in [6.45, 7) is 1.98. The third-order valence-electron chi connectivity index (χ3n) is 2.92. The molecular formula is C15H15FN4O. The van der Waals surface area contributed by atoms with E-state index in [0.29, 0.717) is 5.56 Å². The molecule has 0 fully saturated rings. The first-order valence-corrected chi connectivity index (χ1v) is 6.40. The maximum atomic E-state index is 13.4. The van der Waals surface area contributed by atoms with Crippen LogP contribution in [-0.2, 0) is 0 Å². The highest BCUT2D eigenvalue weighted by Gasteiger charge is 2.15. The Bertz CT molecular complexity index is 685. The summed E-state index contributed by atoms with van der Waals surface area (Å²) in [5, 5.41) is 9.28. The number of nitrogens with zero attached hydrogens (tertiary/aromatic N) is 1. The average molecular weight is 286 g/mol. The van der Waals surface area contributed by atoms with Gasteiger partial charge < -0.3 is 11.1 Å². The normalized spacial score (nSPS) is 11.4. The van der Waals surface area contributed by atoms with E-state index in [2.05, 4.69) is 27.4 Å². The second kappa shape index (κ2) is 6.68. The van der Waals surface area contributed by atoms with Crippen molar-refractivity contribution in [3.8, 4) is 11.8 Å². The zero-order valence-electron chi connectivity index (χ0n) is 11.5. The summed E-state index contributed by atoms with van der Waals surface area (Å²) < 4.78 is 13.4. The van der Waals surface area contributed by atoms with Gasteiger partial charge in [-0.3, -0.25) is 9.89 Å². The second-order valence-corrected chi connectivity index (χ2v) is 4.42. The maximum absolute atomic E-state index is 13.4. The van der Waals surface area contributed by atoms with Crippen LogP contribution in [-0.4, -0.2) is 22.6 Å². The van der Waals surface area contributed by atoms with Gasteiger partial charge in [-0.2, -0.15) is 5.10 Å². The molecule has 2 rings (SSSR count). The van der Waals surface area contributed by atoms with Gasteiger partial charge in [-0.05, 0) is 25.1 Å². The van der Waals surface area contributed by atoms with E-state index in [1.165, 1.54) is 12.1 Å². The molecule has 1 unspecified atom stereocenters. The molecule has 1 aromatic carbocycles. The number of hydrogen-bond acceptors (Lipinski definition) is 3. The van der Waals surface area contributed by atoms with Crippen LogP contribution in [0, 0.1) is 17.7 Å². The Morgan fingerprint density at radius 3 is 3.05 bits per heavy atom. The van der Waals surface area contributed by atoms with Crippen molar-refractivity contribution >= 4 is 5.91 Å². The first kappa shape index (κ1) is 14.8. The van der Waals surface area contributed by atoms with E-state index in [-0.39, 0.29) is 18.2 Å². The standard InChI is InChI=1S/C15H15FN4O/c1-10(12-8-18-19-9-12)20-15(21)14-7-13(16)5-4-11(14)3-2-6-17/h4-5,7-10H,6,17H2,1H3,(H,18,19)(H,20,21). The largest absolute Gasteiger partial charge is 0.345 e. The fraction of sp³-hybridized carbons (Fsp3) is 0.200. The van der Waals surface area contributed by atoms with Crippen LogP contribution < -0.4 is 11.1 Å². The van der Waals surface area contributed by atoms with Crippen LogP contribution in [0.15, 0.2) is 30.6 Å². The number of carbonyl (C=O) groups excluding carboxylic acids is 1. The number of aromatic amines is 1. The molecular weight excluding hydrogens is 271 g/mol. The van der Waals surface area contributed by atoms with Crippen molar-refractivity contribution in [3.63, 3.8) is 0 Å². The van der Waals surface area contributed by atoms with Gasteiger partial charge in [0, 0.05) is 17.3 Å². The zero-order valence-corrected chi connectivity index (χ0v) is 11.5. The lowest BCUT2D eigenvalue weighted by Gasteiger charge is -2.13. The highest BCUT2D eigenvalue weighted by molar-refractivity contribution is 5.97. The molecule has 2 aromatic rings. The van der Waals surface area contributed by atoms with Crippen LogP contribution in [0.5, 0.6) is 0 Å². The molecule has 1 amide bonds. The highest BCUT2D eigenvalue weighted by atomic mass is 19.1. The minimum Gasteiger partial charge on any atom is -0.345 e. The molecule has 4 N–H and O–H groups in total. The number of carbonyl (C=O) groups is 1. The number of amides is 1. The molecule has 0 radical (unpaired) electrons. The van der Waals surface area contributed by atoms with E-state index in [1.807, 2.05) is 6.92 Å². The maximum Gasteiger partial charge on any atom is 0.253 e. The summed E-state index contributed by atoms with van der Waals surface area (Å²) in [7, 11) is 0. The van der Waals surface area contributed by atoms with E-state index in [0.717, 1.165) is 11.6 Å². The van der Waals surface area contributed by atoms with E-state index >= 15 is 0 Å². The molecule has 1 aromatic heterocycles.